The van der Waals surface area contributed by atoms with Gasteiger partial charge in [-0.2, -0.15) is 0 Å². The van der Waals surface area contributed by atoms with E-state index in [0.717, 1.165) is 11.1 Å². The van der Waals surface area contributed by atoms with Crippen molar-refractivity contribution in [3.63, 3.8) is 0 Å². The molecule has 0 aliphatic carbocycles. The highest BCUT2D eigenvalue weighted by atomic mass is 35.5. The molecule has 9 heteroatoms. The molecule has 3 aromatic carbocycles. The van der Waals surface area contributed by atoms with Gasteiger partial charge in [0, 0.05) is 17.3 Å². The lowest BCUT2D eigenvalue weighted by Crippen LogP contribution is -2.50. The summed E-state index contributed by atoms with van der Waals surface area (Å²) in [5, 5.41) is 11.9. The highest BCUT2D eigenvalue weighted by Crippen LogP contribution is 2.22. The lowest BCUT2D eigenvalue weighted by Gasteiger charge is -2.33. The molecule has 36 heavy (non-hydrogen) atoms. The number of benzene rings is 3. The molecule has 1 atom stereocenters. The van der Waals surface area contributed by atoms with Gasteiger partial charge >= 0.3 is 0 Å². The van der Waals surface area contributed by atoms with E-state index in [4.69, 9.17) is 16.3 Å². The first-order valence-corrected chi connectivity index (χ1v) is 12.0. The summed E-state index contributed by atoms with van der Waals surface area (Å²) in [5.74, 6) is 0.00473. The predicted molar refractivity (Wildman–Crippen MR) is 140 cm³/mol. The van der Waals surface area contributed by atoms with Gasteiger partial charge in [0.05, 0.1) is 12.6 Å². The molecular formula is C27H28ClN5O3. The molecule has 1 N–H and O–H groups in total. The Morgan fingerprint density at radius 1 is 1.03 bits per heavy atom. The van der Waals surface area contributed by atoms with E-state index < -0.39 is 6.04 Å². The molecule has 4 rings (SSSR count). The monoisotopic (exact) mass is 505 g/mol. The Kier molecular flexibility index (Phi) is 7.85. The van der Waals surface area contributed by atoms with E-state index in [-0.39, 0.29) is 30.8 Å². The lowest BCUT2D eigenvalue weighted by atomic mass is 10.00. The molecular weight excluding hydrogens is 478 g/mol. The zero-order valence-corrected chi connectivity index (χ0v) is 21.1. The number of rotatable bonds is 9. The van der Waals surface area contributed by atoms with Crippen LogP contribution in [-0.4, -0.2) is 44.9 Å². The van der Waals surface area contributed by atoms with Crippen LogP contribution in [0.25, 0.3) is 11.0 Å². The zero-order valence-electron chi connectivity index (χ0n) is 20.4. The first-order valence-electron chi connectivity index (χ1n) is 11.6. The zero-order chi connectivity index (χ0) is 25.7. The molecule has 186 valence electrons. The van der Waals surface area contributed by atoms with Gasteiger partial charge in [-0.15, -0.1) is 5.10 Å². The number of hydrogen-bond donors (Lipinski definition) is 1. The molecule has 1 aromatic heterocycles. The Balaban J connectivity index is 1.63. The maximum atomic E-state index is 13.7. The van der Waals surface area contributed by atoms with E-state index in [1.165, 1.54) is 0 Å². The summed E-state index contributed by atoms with van der Waals surface area (Å²) in [6.07, 6.45) is 0. The van der Waals surface area contributed by atoms with Crippen molar-refractivity contribution in [2.75, 3.05) is 12.4 Å². The van der Waals surface area contributed by atoms with Crippen LogP contribution in [0, 0.1) is 5.92 Å². The van der Waals surface area contributed by atoms with E-state index >= 15 is 0 Å². The van der Waals surface area contributed by atoms with E-state index in [2.05, 4.69) is 15.6 Å². The van der Waals surface area contributed by atoms with Crippen molar-refractivity contribution in [3.05, 3.63) is 83.4 Å². The molecule has 0 fully saturated rings. The van der Waals surface area contributed by atoms with Crippen LogP contribution < -0.4 is 10.1 Å². The first-order chi connectivity index (χ1) is 17.4. The van der Waals surface area contributed by atoms with Gasteiger partial charge in [-0.1, -0.05) is 54.9 Å². The second kappa shape index (κ2) is 11.2. The molecule has 0 aliphatic rings. The Morgan fingerprint density at radius 3 is 2.39 bits per heavy atom. The van der Waals surface area contributed by atoms with Gasteiger partial charge in [0.15, 0.2) is 0 Å². The number of methoxy groups -OCH3 is 1. The molecule has 0 bridgehead atoms. The van der Waals surface area contributed by atoms with E-state index in [1.54, 1.807) is 53.1 Å². The molecule has 0 radical (unpaired) electrons. The van der Waals surface area contributed by atoms with Crippen molar-refractivity contribution in [2.24, 2.45) is 5.92 Å². The fourth-order valence-electron chi connectivity index (χ4n) is 4.08. The van der Waals surface area contributed by atoms with Gasteiger partial charge in [-0.3, -0.25) is 9.59 Å². The van der Waals surface area contributed by atoms with Gasteiger partial charge < -0.3 is 15.0 Å². The summed E-state index contributed by atoms with van der Waals surface area (Å²) >= 11 is 6.06. The predicted octanol–water partition coefficient (Wildman–Crippen LogP) is 4.79. The summed E-state index contributed by atoms with van der Waals surface area (Å²) in [6, 6.07) is 21.0. The van der Waals surface area contributed by atoms with E-state index in [1.807, 2.05) is 50.2 Å². The number of para-hydroxylation sites is 1. The topological polar surface area (TPSA) is 89.4 Å². The summed E-state index contributed by atoms with van der Waals surface area (Å²) in [6.45, 7) is 4.03. The molecule has 0 saturated carbocycles. The van der Waals surface area contributed by atoms with E-state index in [0.29, 0.717) is 22.0 Å². The standard InChI is InChI=1S/C27H28ClN5O3/c1-18(2)26(27(35)29-21-12-14-22(36-3)15-13-21)32(16-19-8-10-20(28)11-9-19)25(34)17-33-24-7-5-4-6-23(24)30-31-33/h4-15,18,26H,16-17H2,1-3H3,(H,29,35)/t26-/m1/s1. The number of nitrogens with zero attached hydrogens (tertiary/aromatic N) is 4. The third kappa shape index (κ3) is 5.83. The molecule has 2 amide bonds. The van der Waals surface area contributed by atoms with Crippen molar-refractivity contribution in [3.8, 4) is 5.75 Å². The number of amides is 2. The number of carbonyl (C=O) groups excluding carboxylic acids is 2. The molecule has 0 aliphatic heterocycles. The summed E-state index contributed by atoms with van der Waals surface area (Å²) in [7, 11) is 1.58. The van der Waals surface area contributed by atoms with Crippen LogP contribution in [0.4, 0.5) is 5.69 Å². The third-order valence-electron chi connectivity index (χ3n) is 5.89. The molecule has 4 aromatic rings. The molecule has 8 nitrogen and oxygen atoms in total. The third-order valence-corrected chi connectivity index (χ3v) is 6.14. The smallest absolute Gasteiger partial charge is 0.247 e. The normalized spacial score (nSPS) is 11.9. The Labute approximate surface area is 214 Å². The van der Waals surface area contributed by atoms with Crippen molar-refractivity contribution in [1.82, 2.24) is 19.9 Å². The average molecular weight is 506 g/mol. The van der Waals surface area contributed by atoms with Crippen molar-refractivity contribution >= 4 is 40.1 Å². The number of anilines is 1. The molecule has 0 spiro atoms. The number of aromatic nitrogens is 3. The number of carbonyl (C=O) groups is 2. The van der Waals surface area contributed by atoms with Gasteiger partial charge in [-0.25, -0.2) is 4.68 Å². The van der Waals surface area contributed by atoms with Crippen molar-refractivity contribution in [2.45, 2.75) is 33.0 Å². The van der Waals surface area contributed by atoms with E-state index in [9.17, 15) is 9.59 Å². The number of fused-ring (bicyclic) bond motifs is 1. The van der Waals surface area contributed by atoms with Crippen LogP contribution in [0.2, 0.25) is 5.02 Å². The molecule has 0 unspecified atom stereocenters. The highest BCUT2D eigenvalue weighted by Gasteiger charge is 2.33. The minimum Gasteiger partial charge on any atom is -0.497 e. The number of nitrogens with one attached hydrogen (secondary N) is 1. The van der Waals surface area contributed by atoms with Crippen molar-refractivity contribution in [1.29, 1.82) is 0 Å². The quantitative estimate of drug-likeness (QED) is 0.353. The van der Waals surface area contributed by atoms with Gasteiger partial charge in [0.2, 0.25) is 11.8 Å². The summed E-state index contributed by atoms with van der Waals surface area (Å²) < 4.78 is 6.76. The van der Waals surface area contributed by atoms with Crippen LogP contribution in [0.3, 0.4) is 0 Å². The van der Waals surface area contributed by atoms with Gasteiger partial charge in [-0.05, 0) is 60.0 Å². The van der Waals surface area contributed by atoms with Crippen molar-refractivity contribution < 1.29 is 14.3 Å². The Morgan fingerprint density at radius 2 is 1.72 bits per heavy atom. The Hall–Kier alpha value is -3.91. The second-order valence-corrected chi connectivity index (χ2v) is 9.23. The summed E-state index contributed by atoms with van der Waals surface area (Å²) in [4.78, 5) is 28.8. The van der Waals surface area contributed by atoms with Gasteiger partial charge in [0.25, 0.3) is 0 Å². The minimum atomic E-state index is -0.731. The maximum absolute atomic E-state index is 13.7. The minimum absolute atomic E-state index is 0.0485. The fraction of sp³-hybridized carbons (Fsp3) is 0.259. The Bertz CT molecular complexity index is 1340. The number of halogens is 1. The van der Waals surface area contributed by atoms with Crippen LogP contribution in [0.1, 0.15) is 19.4 Å². The van der Waals surface area contributed by atoms with Crippen LogP contribution >= 0.6 is 11.6 Å². The summed E-state index contributed by atoms with van der Waals surface area (Å²) in [5.41, 5.74) is 2.93. The molecule has 1 heterocycles. The lowest BCUT2D eigenvalue weighted by molar-refractivity contribution is -0.141. The van der Waals surface area contributed by atoms with Crippen LogP contribution in [0.15, 0.2) is 72.8 Å². The highest BCUT2D eigenvalue weighted by molar-refractivity contribution is 6.30. The average Bonchev–Trinajstić information content (AvgIpc) is 3.28. The fourth-order valence-corrected chi connectivity index (χ4v) is 4.20. The molecule has 0 saturated heterocycles. The number of hydrogen-bond acceptors (Lipinski definition) is 5. The van der Waals surface area contributed by atoms with Crippen LogP contribution in [0.5, 0.6) is 5.75 Å². The first kappa shape index (κ1) is 25.2. The number of ether oxygens (including phenoxy) is 1. The van der Waals surface area contributed by atoms with Crippen LogP contribution in [-0.2, 0) is 22.7 Å². The van der Waals surface area contributed by atoms with Gasteiger partial charge in [0.1, 0.15) is 23.9 Å². The second-order valence-electron chi connectivity index (χ2n) is 8.79. The SMILES string of the molecule is COc1ccc(NC(=O)[C@@H](C(C)C)N(Cc2ccc(Cl)cc2)C(=O)Cn2nnc3ccccc32)cc1. The maximum Gasteiger partial charge on any atom is 0.247 e. The largest absolute Gasteiger partial charge is 0.497 e.